The molecule has 39 heavy (non-hydrogen) atoms. The molecular weight excluding hydrogens is 516 g/mol. The molecule has 0 saturated carbocycles. The third kappa shape index (κ3) is 6.75. The summed E-state index contributed by atoms with van der Waals surface area (Å²) in [7, 11) is -0.367. The standard InChI is InChI=1S/C29H34N4O5S/c1-21-16-33(22(2)19-34)39(35,36)29-12-10-23(9-11-25-7-5-6-8-26(25)37-4)13-27(29)38-28(21)18-32(3)17-24-14-30-20-31-15-24/h5-8,10,12-15,20-22,28,34H,16-19H2,1-4H3/t21-,22+,28-/m1/s1. The van der Waals surface area contributed by atoms with Gasteiger partial charge in [0.1, 0.15) is 28.8 Å². The number of likely N-dealkylation sites (N-methyl/N-ethyl adjacent to an activating group) is 1. The van der Waals surface area contributed by atoms with Gasteiger partial charge in [0.05, 0.1) is 19.3 Å². The van der Waals surface area contributed by atoms with Crippen LogP contribution < -0.4 is 9.47 Å². The summed E-state index contributed by atoms with van der Waals surface area (Å²) < 4.78 is 40.7. The fourth-order valence-corrected chi connectivity index (χ4v) is 6.33. The van der Waals surface area contributed by atoms with Crippen molar-refractivity contribution in [3.63, 3.8) is 0 Å². The van der Waals surface area contributed by atoms with Crippen LogP contribution in [0.5, 0.6) is 11.5 Å². The number of aliphatic hydroxyl groups is 1. The van der Waals surface area contributed by atoms with E-state index in [1.54, 1.807) is 38.6 Å². The highest BCUT2D eigenvalue weighted by Gasteiger charge is 2.38. The Hall–Kier alpha value is -3.49. The smallest absolute Gasteiger partial charge is 0.247 e. The first kappa shape index (κ1) is 28.5. The van der Waals surface area contributed by atoms with Crippen molar-refractivity contribution in [3.05, 3.63) is 77.9 Å². The summed E-state index contributed by atoms with van der Waals surface area (Å²) in [5.41, 5.74) is 2.30. The van der Waals surface area contributed by atoms with Crippen molar-refractivity contribution in [1.29, 1.82) is 0 Å². The molecule has 1 N–H and O–H groups in total. The Balaban J connectivity index is 1.71. The first-order valence-electron chi connectivity index (χ1n) is 12.7. The van der Waals surface area contributed by atoms with Gasteiger partial charge in [-0.3, -0.25) is 4.90 Å². The Bertz CT molecular complexity index is 1440. The lowest BCUT2D eigenvalue weighted by Gasteiger charge is -2.37. The molecule has 1 aromatic heterocycles. The number of aromatic nitrogens is 2. The SMILES string of the molecule is COc1ccccc1C#Cc1ccc2c(c1)O[C@H](CN(C)Cc1cncnc1)[C@H](C)CN([C@@H](C)CO)S2(=O)=O. The van der Waals surface area contributed by atoms with E-state index in [-0.39, 0.29) is 35.8 Å². The molecular formula is C29H34N4O5S. The minimum Gasteiger partial charge on any atom is -0.495 e. The van der Waals surface area contributed by atoms with Gasteiger partial charge < -0.3 is 14.6 Å². The number of fused-ring (bicyclic) bond motifs is 1. The van der Waals surface area contributed by atoms with Gasteiger partial charge in [0.2, 0.25) is 10.0 Å². The summed E-state index contributed by atoms with van der Waals surface area (Å²) in [6.07, 6.45) is 4.70. The number of aliphatic hydroxyl groups excluding tert-OH is 1. The van der Waals surface area contributed by atoms with Gasteiger partial charge in [-0.05, 0) is 44.3 Å². The van der Waals surface area contributed by atoms with Crippen LogP contribution >= 0.6 is 0 Å². The molecule has 3 atom stereocenters. The van der Waals surface area contributed by atoms with Gasteiger partial charge in [-0.25, -0.2) is 18.4 Å². The van der Waals surface area contributed by atoms with E-state index in [2.05, 4.69) is 26.7 Å². The van der Waals surface area contributed by atoms with E-state index in [9.17, 15) is 13.5 Å². The van der Waals surface area contributed by atoms with Crippen molar-refractivity contribution in [2.24, 2.45) is 5.92 Å². The van der Waals surface area contributed by atoms with Gasteiger partial charge in [0.15, 0.2) is 0 Å². The van der Waals surface area contributed by atoms with Gasteiger partial charge in [0, 0.05) is 55.1 Å². The van der Waals surface area contributed by atoms with Gasteiger partial charge >= 0.3 is 0 Å². The summed E-state index contributed by atoms with van der Waals surface area (Å²) in [5, 5.41) is 9.87. The highest BCUT2D eigenvalue weighted by molar-refractivity contribution is 7.89. The summed E-state index contributed by atoms with van der Waals surface area (Å²) in [6, 6.07) is 11.7. The number of para-hydroxylation sites is 1. The lowest BCUT2D eigenvalue weighted by Crippen LogP contribution is -2.49. The van der Waals surface area contributed by atoms with Crippen LogP contribution in [-0.4, -0.2) is 78.7 Å². The normalized spacial score (nSPS) is 19.5. The maximum absolute atomic E-state index is 13.7. The Kier molecular flexibility index (Phi) is 9.20. The molecule has 10 heteroatoms. The van der Waals surface area contributed by atoms with Crippen molar-refractivity contribution in [2.45, 2.75) is 37.4 Å². The maximum Gasteiger partial charge on any atom is 0.247 e. The van der Waals surface area contributed by atoms with E-state index in [1.165, 1.54) is 16.7 Å². The van der Waals surface area contributed by atoms with Crippen molar-refractivity contribution in [2.75, 3.05) is 33.9 Å². The van der Waals surface area contributed by atoms with Crippen LogP contribution in [0.2, 0.25) is 0 Å². The molecule has 1 aliphatic rings. The van der Waals surface area contributed by atoms with Crippen molar-refractivity contribution >= 4 is 10.0 Å². The van der Waals surface area contributed by atoms with Gasteiger partial charge in [-0.2, -0.15) is 4.31 Å². The quantitative estimate of drug-likeness (QED) is 0.448. The first-order valence-corrected chi connectivity index (χ1v) is 14.2. The molecule has 1 aliphatic heterocycles. The van der Waals surface area contributed by atoms with Crippen molar-refractivity contribution in [1.82, 2.24) is 19.2 Å². The molecule has 4 rings (SSSR count). The number of hydrogen-bond acceptors (Lipinski definition) is 8. The zero-order valence-electron chi connectivity index (χ0n) is 22.6. The maximum atomic E-state index is 13.7. The largest absolute Gasteiger partial charge is 0.495 e. The number of rotatable bonds is 7. The molecule has 206 valence electrons. The minimum atomic E-state index is -3.93. The average Bonchev–Trinajstić information content (AvgIpc) is 2.94. The molecule has 0 radical (unpaired) electrons. The molecule has 9 nitrogen and oxygen atoms in total. The molecule has 0 saturated heterocycles. The van der Waals surface area contributed by atoms with E-state index >= 15 is 0 Å². The topological polar surface area (TPSA) is 105 Å². The van der Waals surface area contributed by atoms with E-state index in [4.69, 9.17) is 9.47 Å². The van der Waals surface area contributed by atoms with Crippen LogP contribution in [0.3, 0.4) is 0 Å². The fourth-order valence-electron chi connectivity index (χ4n) is 4.50. The lowest BCUT2D eigenvalue weighted by molar-refractivity contribution is 0.0733. The van der Waals surface area contributed by atoms with E-state index < -0.39 is 16.1 Å². The first-order chi connectivity index (χ1) is 18.7. The summed E-state index contributed by atoms with van der Waals surface area (Å²) in [6.45, 7) is 4.74. The van der Waals surface area contributed by atoms with E-state index in [1.807, 2.05) is 38.2 Å². The summed E-state index contributed by atoms with van der Waals surface area (Å²) >= 11 is 0. The molecule has 0 unspecified atom stereocenters. The molecule has 2 aromatic carbocycles. The zero-order valence-corrected chi connectivity index (χ0v) is 23.4. The molecule has 2 heterocycles. The molecule has 0 aliphatic carbocycles. The number of ether oxygens (including phenoxy) is 2. The van der Waals surface area contributed by atoms with Crippen LogP contribution in [0, 0.1) is 17.8 Å². The number of sulfonamides is 1. The van der Waals surface area contributed by atoms with Crippen LogP contribution in [0.4, 0.5) is 0 Å². The van der Waals surface area contributed by atoms with Crippen LogP contribution in [0.15, 0.2) is 66.1 Å². The highest BCUT2D eigenvalue weighted by atomic mass is 32.2. The molecule has 0 spiro atoms. The Labute approximate surface area is 230 Å². The predicted molar refractivity (Wildman–Crippen MR) is 148 cm³/mol. The van der Waals surface area contributed by atoms with Gasteiger partial charge in [0.25, 0.3) is 0 Å². The summed E-state index contributed by atoms with van der Waals surface area (Å²) in [4.78, 5) is 10.3. The number of benzene rings is 2. The lowest BCUT2D eigenvalue weighted by atomic mass is 10.0. The van der Waals surface area contributed by atoms with Crippen molar-refractivity contribution in [3.8, 4) is 23.3 Å². The fraction of sp³-hybridized carbons (Fsp3) is 0.379. The Morgan fingerprint density at radius 3 is 2.67 bits per heavy atom. The van der Waals surface area contributed by atoms with E-state index in [0.29, 0.717) is 24.4 Å². The number of nitrogens with zero attached hydrogens (tertiary/aromatic N) is 4. The molecule has 0 bridgehead atoms. The third-order valence-corrected chi connectivity index (χ3v) is 8.69. The highest BCUT2D eigenvalue weighted by Crippen LogP contribution is 2.34. The van der Waals surface area contributed by atoms with Crippen LogP contribution in [0.25, 0.3) is 0 Å². The van der Waals surface area contributed by atoms with Gasteiger partial charge in [-0.1, -0.05) is 30.9 Å². The Morgan fingerprint density at radius 2 is 1.95 bits per heavy atom. The summed E-state index contributed by atoms with van der Waals surface area (Å²) in [5.74, 6) is 6.95. The van der Waals surface area contributed by atoms with Crippen molar-refractivity contribution < 1.29 is 23.0 Å². The average molecular weight is 551 g/mol. The Morgan fingerprint density at radius 1 is 1.21 bits per heavy atom. The minimum absolute atomic E-state index is 0.0571. The third-order valence-electron chi connectivity index (χ3n) is 6.67. The second kappa shape index (κ2) is 12.6. The number of hydrogen-bond donors (Lipinski definition) is 1. The number of methoxy groups -OCH3 is 1. The molecule has 0 fully saturated rings. The second-order valence-electron chi connectivity index (χ2n) is 9.80. The second-order valence-corrected chi connectivity index (χ2v) is 11.7. The molecule has 3 aromatic rings. The van der Waals surface area contributed by atoms with Gasteiger partial charge in [-0.15, -0.1) is 0 Å². The zero-order chi connectivity index (χ0) is 28.0. The van der Waals surface area contributed by atoms with Crippen LogP contribution in [-0.2, 0) is 16.6 Å². The van der Waals surface area contributed by atoms with Crippen LogP contribution in [0.1, 0.15) is 30.5 Å². The monoisotopic (exact) mass is 550 g/mol. The predicted octanol–water partition coefficient (Wildman–Crippen LogP) is 2.79. The molecule has 0 amide bonds. The van der Waals surface area contributed by atoms with E-state index in [0.717, 1.165) is 11.1 Å².